The number of alkyl halides is 3. The van der Waals surface area contributed by atoms with Crippen LogP contribution in [-0.2, 0) is 16.0 Å². The number of benzene rings is 2. The molecule has 0 unspecified atom stereocenters. The van der Waals surface area contributed by atoms with Gasteiger partial charge in [-0.25, -0.2) is 4.79 Å². The summed E-state index contributed by atoms with van der Waals surface area (Å²) >= 11 is 0. The zero-order chi connectivity index (χ0) is 22.1. The second-order valence-electron chi connectivity index (χ2n) is 6.83. The molecule has 0 aliphatic carbocycles. The van der Waals surface area contributed by atoms with Crippen LogP contribution in [0.25, 0.3) is 0 Å². The molecule has 0 fully saturated rings. The highest BCUT2D eigenvalue weighted by molar-refractivity contribution is 5.96. The Morgan fingerprint density at radius 1 is 1.10 bits per heavy atom. The van der Waals surface area contributed by atoms with Crippen LogP contribution in [0.4, 0.5) is 18.9 Å². The first-order chi connectivity index (χ1) is 14.2. The van der Waals surface area contributed by atoms with Gasteiger partial charge in [0.05, 0.1) is 6.54 Å². The molecular formula is C22H25F3N2O3. The van der Waals surface area contributed by atoms with E-state index in [1.54, 1.807) is 0 Å². The van der Waals surface area contributed by atoms with Gasteiger partial charge in [0, 0.05) is 18.3 Å². The van der Waals surface area contributed by atoms with E-state index in [2.05, 4.69) is 36.5 Å². The molecule has 0 spiro atoms. The zero-order valence-electron chi connectivity index (χ0n) is 16.7. The third-order valence-electron chi connectivity index (χ3n) is 4.76. The summed E-state index contributed by atoms with van der Waals surface area (Å²) in [4.78, 5) is 23.5. The Bertz CT molecular complexity index is 841. The minimum Gasteiger partial charge on any atom is -0.475 e. The van der Waals surface area contributed by atoms with Crippen molar-refractivity contribution in [3.05, 3.63) is 65.7 Å². The van der Waals surface area contributed by atoms with Gasteiger partial charge in [-0.05, 0) is 36.5 Å². The zero-order valence-corrected chi connectivity index (χ0v) is 16.7. The van der Waals surface area contributed by atoms with Gasteiger partial charge in [0.15, 0.2) is 0 Å². The number of aryl methyl sites for hydroxylation is 1. The van der Waals surface area contributed by atoms with Gasteiger partial charge in [-0.3, -0.25) is 4.79 Å². The minimum atomic E-state index is -5.08. The summed E-state index contributed by atoms with van der Waals surface area (Å²) in [6, 6.07) is 18.8. The van der Waals surface area contributed by atoms with Crippen LogP contribution < -0.4 is 10.2 Å². The monoisotopic (exact) mass is 422 g/mol. The fourth-order valence-corrected chi connectivity index (χ4v) is 3.28. The molecule has 2 aromatic rings. The molecule has 5 nitrogen and oxygen atoms in total. The standard InChI is InChI=1S/C20H24N2O.C2HF3O2/c1-2-18(16-9-4-3-5-10-16)21-15-20(23)22-14-8-12-17-11-6-7-13-19(17)22;3-2(4,5)1(6)7/h3-7,9-11,13,18,21H,2,8,12,14-15H2,1H3;(H,6,7)/t18-;/m1./s1. The maximum Gasteiger partial charge on any atom is 0.490 e. The number of fused-ring (bicyclic) bond motifs is 1. The van der Waals surface area contributed by atoms with Crippen LogP contribution in [0.15, 0.2) is 54.6 Å². The maximum atomic E-state index is 12.7. The summed E-state index contributed by atoms with van der Waals surface area (Å²) in [5, 5.41) is 10.5. The number of rotatable bonds is 5. The molecule has 2 N–H and O–H groups in total. The van der Waals surface area contributed by atoms with Gasteiger partial charge >= 0.3 is 12.1 Å². The Morgan fingerprint density at radius 3 is 2.30 bits per heavy atom. The molecule has 0 saturated carbocycles. The fraction of sp³-hybridized carbons (Fsp3) is 0.364. The Hall–Kier alpha value is -2.87. The SMILES string of the molecule is CC[C@@H](NCC(=O)N1CCCc2ccccc21)c1ccccc1.O=C(O)C(F)(F)F. The summed E-state index contributed by atoms with van der Waals surface area (Å²) in [5.74, 6) is -2.60. The molecule has 3 rings (SSSR count). The number of hydrogen-bond acceptors (Lipinski definition) is 3. The Balaban J connectivity index is 0.000000396. The predicted octanol–water partition coefficient (Wildman–Crippen LogP) is 4.34. The van der Waals surface area contributed by atoms with Gasteiger partial charge in [0.2, 0.25) is 5.91 Å². The van der Waals surface area contributed by atoms with Crippen molar-refractivity contribution >= 4 is 17.6 Å². The largest absolute Gasteiger partial charge is 0.490 e. The minimum absolute atomic E-state index is 0.159. The first-order valence-corrected chi connectivity index (χ1v) is 9.70. The lowest BCUT2D eigenvalue weighted by atomic mass is 10.0. The molecule has 8 heteroatoms. The van der Waals surface area contributed by atoms with E-state index in [0.717, 1.165) is 31.5 Å². The normalized spacial score (nSPS) is 14.2. The van der Waals surface area contributed by atoms with Crippen molar-refractivity contribution in [2.75, 3.05) is 18.0 Å². The van der Waals surface area contributed by atoms with Gasteiger partial charge in [-0.2, -0.15) is 13.2 Å². The molecule has 1 atom stereocenters. The van der Waals surface area contributed by atoms with Crippen LogP contribution in [0, 0.1) is 0 Å². The highest BCUT2D eigenvalue weighted by Gasteiger charge is 2.38. The number of aliphatic carboxylic acids is 1. The molecule has 1 aliphatic rings. The lowest BCUT2D eigenvalue weighted by molar-refractivity contribution is -0.192. The van der Waals surface area contributed by atoms with E-state index < -0.39 is 12.1 Å². The number of amides is 1. The van der Waals surface area contributed by atoms with Crippen LogP contribution in [0.5, 0.6) is 0 Å². The quantitative estimate of drug-likeness (QED) is 0.752. The number of carboxylic acids is 1. The molecule has 0 aromatic heterocycles. The topological polar surface area (TPSA) is 69.6 Å². The average molecular weight is 422 g/mol. The number of halogens is 3. The van der Waals surface area contributed by atoms with Crippen LogP contribution in [0.1, 0.15) is 36.9 Å². The first-order valence-electron chi connectivity index (χ1n) is 9.70. The fourth-order valence-electron chi connectivity index (χ4n) is 3.28. The highest BCUT2D eigenvalue weighted by atomic mass is 19.4. The van der Waals surface area contributed by atoms with E-state index in [1.807, 2.05) is 35.2 Å². The molecule has 30 heavy (non-hydrogen) atoms. The lowest BCUT2D eigenvalue weighted by Gasteiger charge is -2.30. The summed E-state index contributed by atoms with van der Waals surface area (Å²) in [6.45, 7) is 3.34. The molecule has 1 heterocycles. The van der Waals surface area contributed by atoms with Crippen molar-refractivity contribution in [1.29, 1.82) is 0 Å². The Kier molecular flexibility index (Phi) is 8.41. The van der Waals surface area contributed by atoms with Crippen LogP contribution in [-0.4, -0.2) is 36.2 Å². The van der Waals surface area contributed by atoms with Crippen LogP contribution >= 0.6 is 0 Å². The number of carboxylic acid groups (broad SMARTS) is 1. The lowest BCUT2D eigenvalue weighted by Crippen LogP contribution is -2.42. The first kappa shape index (κ1) is 23.4. The van der Waals surface area contributed by atoms with E-state index in [4.69, 9.17) is 9.90 Å². The third kappa shape index (κ3) is 6.59. The van der Waals surface area contributed by atoms with Crippen molar-refractivity contribution in [2.45, 2.75) is 38.4 Å². The third-order valence-corrected chi connectivity index (χ3v) is 4.76. The molecule has 0 saturated heterocycles. The molecule has 0 radical (unpaired) electrons. The Labute approximate surface area is 173 Å². The summed E-state index contributed by atoms with van der Waals surface area (Å²) in [6.07, 6.45) is -2.01. The molecular weight excluding hydrogens is 397 g/mol. The number of nitrogens with zero attached hydrogens (tertiary/aromatic N) is 1. The summed E-state index contributed by atoms with van der Waals surface area (Å²) in [7, 11) is 0. The van der Waals surface area contributed by atoms with E-state index in [-0.39, 0.29) is 11.9 Å². The van der Waals surface area contributed by atoms with Crippen molar-refractivity contribution in [3.63, 3.8) is 0 Å². The van der Waals surface area contributed by atoms with Crippen molar-refractivity contribution in [1.82, 2.24) is 5.32 Å². The summed E-state index contributed by atoms with van der Waals surface area (Å²) in [5.41, 5.74) is 3.60. The van der Waals surface area contributed by atoms with Gasteiger partial charge in [-0.1, -0.05) is 55.5 Å². The number of hydrogen-bond donors (Lipinski definition) is 2. The molecule has 1 amide bonds. The van der Waals surface area contributed by atoms with E-state index >= 15 is 0 Å². The molecule has 2 aromatic carbocycles. The van der Waals surface area contributed by atoms with Crippen LogP contribution in [0.2, 0.25) is 0 Å². The average Bonchev–Trinajstić information content (AvgIpc) is 2.74. The highest BCUT2D eigenvalue weighted by Crippen LogP contribution is 2.26. The van der Waals surface area contributed by atoms with Crippen molar-refractivity contribution < 1.29 is 27.9 Å². The second-order valence-corrected chi connectivity index (χ2v) is 6.83. The number of para-hydroxylation sites is 1. The van der Waals surface area contributed by atoms with Crippen molar-refractivity contribution in [3.8, 4) is 0 Å². The summed E-state index contributed by atoms with van der Waals surface area (Å²) < 4.78 is 31.7. The number of carbonyl (C=O) groups is 2. The number of carbonyl (C=O) groups excluding carboxylic acids is 1. The number of anilines is 1. The Morgan fingerprint density at radius 2 is 1.70 bits per heavy atom. The van der Waals surface area contributed by atoms with E-state index in [9.17, 15) is 18.0 Å². The van der Waals surface area contributed by atoms with Gasteiger partial charge < -0.3 is 15.3 Å². The smallest absolute Gasteiger partial charge is 0.475 e. The van der Waals surface area contributed by atoms with Gasteiger partial charge in [-0.15, -0.1) is 0 Å². The van der Waals surface area contributed by atoms with Gasteiger partial charge in [0.25, 0.3) is 0 Å². The second kappa shape index (κ2) is 10.8. The van der Waals surface area contributed by atoms with Gasteiger partial charge in [0.1, 0.15) is 0 Å². The van der Waals surface area contributed by atoms with E-state index in [0.29, 0.717) is 6.54 Å². The molecule has 0 bridgehead atoms. The van der Waals surface area contributed by atoms with E-state index in [1.165, 1.54) is 11.1 Å². The molecule has 162 valence electrons. The van der Waals surface area contributed by atoms with Crippen LogP contribution in [0.3, 0.4) is 0 Å². The predicted molar refractivity (Wildman–Crippen MR) is 108 cm³/mol. The maximum absolute atomic E-state index is 12.7. The number of nitrogens with one attached hydrogen (secondary N) is 1. The van der Waals surface area contributed by atoms with Crippen molar-refractivity contribution in [2.24, 2.45) is 0 Å². The molecule has 1 aliphatic heterocycles.